The third-order valence-electron chi connectivity index (χ3n) is 3.13. The molecule has 0 saturated carbocycles. The molecule has 0 saturated heterocycles. The Morgan fingerprint density at radius 1 is 0.950 bits per heavy atom. The van der Waals surface area contributed by atoms with Crippen LogP contribution in [0.25, 0.3) is 22.4 Å². The van der Waals surface area contributed by atoms with Crippen molar-refractivity contribution in [3.63, 3.8) is 0 Å². The van der Waals surface area contributed by atoms with Crippen LogP contribution in [-0.4, -0.2) is 26.5 Å². The van der Waals surface area contributed by atoms with Gasteiger partial charge in [-0.25, -0.2) is 0 Å². The summed E-state index contributed by atoms with van der Waals surface area (Å²) in [6.07, 6.45) is 5.51. The minimum Gasteiger partial charge on any atom is -0.394 e. The topological polar surface area (TPSA) is 50.9 Å². The highest BCUT2D eigenvalue weighted by Crippen LogP contribution is 2.30. The predicted octanol–water partition coefficient (Wildman–Crippen LogP) is 2.60. The van der Waals surface area contributed by atoms with E-state index in [2.05, 4.69) is 10.1 Å². The Morgan fingerprint density at radius 2 is 1.70 bits per heavy atom. The molecule has 0 unspecified atom stereocenters. The molecule has 2 heterocycles. The number of aliphatic hydroxyl groups is 1. The van der Waals surface area contributed by atoms with Crippen molar-refractivity contribution >= 4 is 0 Å². The Labute approximate surface area is 117 Å². The van der Waals surface area contributed by atoms with Gasteiger partial charge in [-0.05, 0) is 17.7 Å². The van der Waals surface area contributed by atoms with Crippen molar-refractivity contribution in [3.8, 4) is 22.4 Å². The molecule has 0 fully saturated rings. The van der Waals surface area contributed by atoms with Gasteiger partial charge in [-0.1, -0.05) is 30.3 Å². The summed E-state index contributed by atoms with van der Waals surface area (Å²) in [4.78, 5) is 4.05. The highest BCUT2D eigenvalue weighted by atomic mass is 16.3. The van der Waals surface area contributed by atoms with Crippen molar-refractivity contribution in [2.45, 2.75) is 6.54 Å². The molecule has 3 aromatic rings. The monoisotopic (exact) mass is 265 g/mol. The minimum absolute atomic E-state index is 0.0751. The molecule has 1 aromatic carbocycles. The molecular formula is C16H15N3O. The van der Waals surface area contributed by atoms with Crippen LogP contribution in [0.1, 0.15) is 0 Å². The molecular weight excluding hydrogens is 250 g/mol. The van der Waals surface area contributed by atoms with Crippen molar-refractivity contribution in [2.24, 2.45) is 0 Å². The van der Waals surface area contributed by atoms with Crippen LogP contribution in [0.15, 0.2) is 61.1 Å². The summed E-state index contributed by atoms with van der Waals surface area (Å²) < 4.78 is 1.78. The van der Waals surface area contributed by atoms with Crippen LogP contribution in [-0.2, 0) is 6.54 Å². The molecule has 0 radical (unpaired) electrons. The second-order valence-corrected chi connectivity index (χ2v) is 4.48. The lowest BCUT2D eigenvalue weighted by Gasteiger charge is -2.01. The molecule has 100 valence electrons. The van der Waals surface area contributed by atoms with E-state index in [9.17, 15) is 0 Å². The molecule has 2 aromatic heterocycles. The van der Waals surface area contributed by atoms with Gasteiger partial charge in [0, 0.05) is 29.7 Å². The highest BCUT2D eigenvalue weighted by Gasteiger charge is 2.12. The number of aliphatic hydroxyl groups excluding tert-OH is 1. The lowest BCUT2D eigenvalue weighted by molar-refractivity contribution is 0.269. The van der Waals surface area contributed by atoms with Gasteiger partial charge in [-0.2, -0.15) is 5.10 Å². The number of benzene rings is 1. The first-order valence-corrected chi connectivity index (χ1v) is 6.52. The lowest BCUT2D eigenvalue weighted by atomic mass is 10.0. The molecule has 0 atom stereocenters. The molecule has 0 aliphatic heterocycles. The van der Waals surface area contributed by atoms with E-state index in [1.807, 2.05) is 48.7 Å². The second-order valence-electron chi connectivity index (χ2n) is 4.48. The zero-order valence-corrected chi connectivity index (χ0v) is 11.0. The summed E-state index contributed by atoms with van der Waals surface area (Å²) in [7, 11) is 0. The van der Waals surface area contributed by atoms with E-state index >= 15 is 0 Å². The Bertz CT molecular complexity index is 620. The maximum atomic E-state index is 9.09. The van der Waals surface area contributed by atoms with E-state index in [4.69, 9.17) is 5.11 Å². The van der Waals surface area contributed by atoms with Crippen LogP contribution >= 0.6 is 0 Å². The summed E-state index contributed by atoms with van der Waals surface area (Å²) in [5.74, 6) is 0. The number of nitrogens with zero attached hydrogens (tertiary/aromatic N) is 3. The number of hydrogen-bond acceptors (Lipinski definition) is 3. The molecule has 4 heteroatoms. The largest absolute Gasteiger partial charge is 0.394 e. The Hall–Kier alpha value is -2.46. The zero-order valence-electron chi connectivity index (χ0n) is 11.0. The van der Waals surface area contributed by atoms with Crippen LogP contribution in [0.4, 0.5) is 0 Å². The Balaban J connectivity index is 2.13. The smallest absolute Gasteiger partial charge is 0.100 e. The van der Waals surface area contributed by atoms with E-state index in [-0.39, 0.29) is 6.61 Å². The molecule has 1 N–H and O–H groups in total. The van der Waals surface area contributed by atoms with E-state index in [0.29, 0.717) is 6.54 Å². The first-order chi connectivity index (χ1) is 9.88. The molecule has 3 rings (SSSR count). The summed E-state index contributed by atoms with van der Waals surface area (Å²) in [6.45, 7) is 0.566. The van der Waals surface area contributed by atoms with E-state index < -0.39 is 0 Å². The first kappa shape index (κ1) is 12.6. The van der Waals surface area contributed by atoms with Crippen molar-refractivity contribution in [2.75, 3.05) is 6.61 Å². The molecule has 0 spiro atoms. The highest BCUT2D eigenvalue weighted by molar-refractivity contribution is 5.80. The van der Waals surface area contributed by atoms with Gasteiger partial charge in [0.15, 0.2) is 0 Å². The average molecular weight is 265 g/mol. The van der Waals surface area contributed by atoms with Crippen molar-refractivity contribution < 1.29 is 5.11 Å². The van der Waals surface area contributed by atoms with E-state index in [0.717, 1.165) is 22.4 Å². The van der Waals surface area contributed by atoms with Crippen LogP contribution in [0.3, 0.4) is 0 Å². The summed E-state index contributed by atoms with van der Waals surface area (Å²) in [5, 5.41) is 13.7. The molecule has 0 aliphatic rings. The van der Waals surface area contributed by atoms with Crippen LogP contribution in [0.2, 0.25) is 0 Å². The fourth-order valence-electron chi connectivity index (χ4n) is 2.19. The van der Waals surface area contributed by atoms with E-state index in [1.165, 1.54) is 0 Å². The summed E-state index contributed by atoms with van der Waals surface area (Å²) in [5.41, 5.74) is 4.11. The summed E-state index contributed by atoms with van der Waals surface area (Å²) in [6, 6.07) is 14.0. The average Bonchev–Trinajstić information content (AvgIpc) is 2.93. The molecule has 0 bridgehead atoms. The number of pyridine rings is 1. The van der Waals surface area contributed by atoms with Crippen molar-refractivity contribution in [3.05, 3.63) is 61.1 Å². The molecule has 20 heavy (non-hydrogen) atoms. The minimum atomic E-state index is 0.0751. The normalized spacial score (nSPS) is 10.7. The van der Waals surface area contributed by atoms with Crippen LogP contribution in [0.5, 0.6) is 0 Å². The SMILES string of the molecule is OCCn1cc(-c2ccncc2)c(-c2ccccc2)n1. The maximum absolute atomic E-state index is 9.09. The third kappa shape index (κ3) is 2.46. The molecule has 0 aliphatic carbocycles. The summed E-state index contributed by atoms with van der Waals surface area (Å²) >= 11 is 0. The van der Waals surface area contributed by atoms with Gasteiger partial charge in [0.05, 0.1) is 13.2 Å². The number of aromatic nitrogens is 3. The van der Waals surface area contributed by atoms with Crippen LogP contribution < -0.4 is 0 Å². The number of rotatable bonds is 4. The van der Waals surface area contributed by atoms with Gasteiger partial charge in [0.1, 0.15) is 5.69 Å². The van der Waals surface area contributed by atoms with Gasteiger partial charge in [0.25, 0.3) is 0 Å². The van der Waals surface area contributed by atoms with Gasteiger partial charge in [0.2, 0.25) is 0 Å². The quantitative estimate of drug-likeness (QED) is 0.789. The second kappa shape index (κ2) is 5.67. The zero-order chi connectivity index (χ0) is 13.8. The predicted molar refractivity (Wildman–Crippen MR) is 78.0 cm³/mol. The van der Waals surface area contributed by atoms with Gasteiger partial charge < -0.3 is 5.11 Å². The fourth-order valence-corrected chi connectivity index (χ4v) is 2.19. The van der Waals surface area contributed by atoms with Crippen molar-refractivity contribution in [1.29, 1.82) is 0 Å². The van der Waals surface area contributed by atoms with Crippen molar-refractivity contribution in [1.82, 2.24) is 14.8 Å². The Kier molecular flexibility index (Phi) is 3.56. The van der Waals surface area contributed by atoms with Gasteiger partial charge in [-0.3, -0.25) is 9.67 Å². The van der Waals surface area contributed by atoms with Gasteiger partial charge >= 0.3 is 0 Å². The molecule has 4 nitrogen and oxygen atoms in total. The third-order valence-corrected chi connectivity index (χ3v) is 3.13. The number of hydrogen-bond donors (Lipinski definition) is 1. The molecule has 0 amide bonds. The standard InChI is InChI=1S/C16H15N3O/c20-11-10-19-12-15(13-6-8-17-9-7-13)16(18-19)14-4-2-1-3-5-14/h1-9,12,20H,10-11H2. The lowest BCUT2D eigenvalue weighted by Crippen LogP contribution is -2.02. The maximum Gasteiger partial charge on any atom is 0.100 e. The Morgan fingerprint density at radius 3 is 2.40 bits per heavy atom. The van der Waals surface area contributed by atoms with Crippen LogP contribution in [0, 0.1) is 0 Å². The van der Waals surface area contributed by atoms with Gasteiger partial charge in [-0.15, -0.1) is 0 Å². The fraction of sp³-hybridized carbons (Fsp3) is 0.125. The van der Waals surface area contributed by atoms with E-state index in [1.54, 1.807) is 17.1 Å². The first-order valence-electron chi connectivity index (χ1n) is 6.52.